The maximum atomic E-state index is 12.9. The Morgan fingerprint density at radius 1 is 0.595 bits per heavy atom. The van der Waals surface area contributed by atoms with Gasteiger partial charge in [0.2, 0.25) is 0 Å². The van der Waals surface area contributed by atoms with Crippen LogP contribution in [0.25, 0.3) is 0 Å². The van der Waals surface area contributed by atoms with E-state index in [0.29, 0.717) is 60.9 Å². The molecule has 0 bridgehead atoms. The second kappa shape index (κ2) is 18.1. The summed E-state index contributed by atoms with van der Waals surface area (Å²) in [7, 11) is 0. The van der Waals surface area contributed by atoms with Crippen LogP contribution in [0, 0.1) is 0 Å². The molecule has 3 aromatic carbocycles. The van der Waals surface area contributed by atoms with Crippen molar-refractivity contribution in [2.45, 2.75) is 58.3 Å². The van der Waals surface area contributed by atoms with Crippen LogP contribution in [0.2, 0.25) is 0 Å². The molecule has 0 fully saturated rings. The van der Waals surface area contributed by atoms with Crippen LogP contribution in [-0.4, -0.2) is 37.5 Å². The van der Waals surface area contributed by atoms with Crippen LogP contribution < -0.4 is 14.2 Å². The smallest absolute Gasteiger partial charge is 0.343 e. The molecule has 0 amide bonds. The lowest BCUT2D eigenvalue weighted by Gasteiger charge is -2.09. The highest BCUT2D eigenvalue weighted by Crippen LogP contribution is 2.20. The Labute approximate surface area is 248 Å². The third-order valence-electron chi connectivity index (χ3n) is 6.52. The molecule has 0 aliphatic rings. The molecule has 7 heteroatoms. The van der Waals surface area contributed by atoms with Crippen molar-refractivity contribution in [3.05, 3.63) is 102 Å². The average Bonchev–Trinajstić information content (AvgIpc) is 3.02. The van der Waals surface area contributed by atoms with E-state index in [1.165, 1.54) is 32.1 Å². The van der Waals surface area contributed by atoms with Gasteiger partial charge in [-0.15, -0.1) is 0 Å². The number of ketones is 1. The SMILES string of the molecule is C=CC(=O)OCCCCOc1ccc(C(=O)Oc2ccc(C(=O)c3ccc(OCCCCCCCC)cc3)cc2)cc1. The summed E-state index contributed by atoms with van der Waals surface area (Å²) in [4.78, 5) is 36.5. The number of benzene rings is 3. The molecule has 0 saturated carbocycles. The summed E-state index contributed by atoms with van der Waals surface area (Å²) >= 11 is 0. The van der Waals surface area contributed by atoms with E-state index in [9.17, 15) is 14.4 Å². The van der Waals surface area contributed by atoms with Crippen molar-refractivity contribution in [1.29, 1.82) is 0 Å². The number of rotatable bonds is 19. The summed E-state index contributed by atoms with van der Waals surface area (Å²) in [6, 6.07) is 20.3. The van der Waals surface area contributed by atoms with Gasteiger partial charge in [-0.3, -0.25) is 4.79 Å². The largest absolute Gasteiger partial charge is 0.494 e. The predicted octanol–water partition coefficient (Wildman–Crippen LogP) is 7.76. The van der Waals surface area contributed by atoms with Crippen LogP contribution in [0.5, 0.6) is 17.2 Å². The molecule has 0 aliphatic carbocycles. The van der Waals surface area contributed by atoms with E-state index in [-0.39, 0.29) is 5.78 Å². The van der Waals surface area contributed by atoms with Gasteiger partial charge >= 0.3 is 11.9 Å². The van der Waals surface area contributed by atoms with Gasteiger partial charge in [0.25, 0.3) is 0 Å². The van der Waals surface area contributed by atoms with E-state index >= 15 is 0 Å². The summed E-state index contributed by atoms with van der Waals surface area (Å²) in [6.07, 6.45) is 9.78. The highest BCUT2D eigenvalue weighted by atomic mass is 16.5. The first-order valence-electron chi connectivity index (χ1n) is 14.6. The fourth-order valence-electron chi connectivity index (χ4n) is 4.10. The van der Waals surface area contributed by atoms with Gasteiger partial charge in [0.1, 0.15) is 17.2 Å². The molecular weight excluding hydrogens is 532 g/mol. The minimum Gasteiger partial charge on any atom is -0.494 e. The zero-order chi connectivity index (χ0) is 30.0. The van der Waals surface area contributed by atoms with Gasteiger partial charge in [-0.1, -0.05) is 45.6 Å². The van der Waals surface area contributed by atoms with Crippen molar-refractivity contribution in [3.8, 4) is 17.2 Å². The van der Waals surface area contributed by atoms with Gasteiger partial charge in [-0.05, 0) is 92.1 Å². The quantitative estimate of drug-likeness (QED) is 0.0477. The molecule has 0 aliphatic heterocycles. The summed E-state index contributed by atoms with van der Waals surface area (Å²) in [5, 5.41) is 0. The molecule has 0 spiro atoms. The van der Waals surface area contributed by atoms with Gasteiger partial charge in [-0.2, -0.15) is 0 Å². The summed E-state index contributed by atoms with van der Waals surface area (Å²) < 4.78 is 21.8. The zero-order valence-electron chi connectivity index (χ0n) is 24.3. The lowest BCUT2D eigenvalue weighted by atomic mass is 10.0. The van der Waals surface area contributed by atoms with Gasteiger partial charge in [-0.25, -0.2) is 9.59 Å². The standard InChI is InChI=1S/C35H40O7/c1-3-5-6-7-8-9-24-39-30-18-12-27(13-19-30)34(37)28-14-22-32(23-15-28)42-35(38)29-16-20-31(21-17-29)40-25-10-11-26-41-33(36)4-2/h4,12-23H,2-3,5-11,24-26H2,1H3. The molecule has 222 valence electrons. The van der Waals surface area contributed by atoms with Crippen LogP contribution in [0.3, 0.4) is 0 Å². The van der Waals surface area contributed by atoms with E-state index in [2.05, 4.69) is 13.5 Å². The molecule has 0 heterocycles. The van der Waals surface area contributed by atoms with E-state index in [1.54, 1.807) is 60.7 Å². The summed E-state index contributed by atoms with van der Waals surface area (Å²) in [5.74, 6) is 0.645. The molecular formula is C35H40O7. The fourth-order valence-corrected chi connectivity index (χ4v) is 4.10. The minimum absolute atomic E-state index is 0.122. The first kappa shape index (κ1) is 32.1. The van der Waals surface area contributed by atoms with Gasteiger partial charge in [0.05, 0.1) is 25.4 Å². The maximum Gasteiger partial charge on any atom is 0.343 e. The molecule has 0 N–H and O–H groups in total. The average molecular weight is 573 g/mol. The van der Waals surface area contributed by atoms with E-state index in [1.807, 2.05) is 12.1 Å². The Hall–Kier alpha value is -4.39. The Morgan fingerprint density at radius 3 is 1.60 bits per heavy atom. The van der Waals surface area contributed by atoms with Crippen LogP contribution in [0.1, 0.15) is 84.6 Å². The molecule has 7 nitrogen and oxygen atoms in total. The van der Waals surface area contributed by atoms with Crippen molar-refractivity contribution in [1.82, 2.24) is 0 Å². The molecule has 0 radical (unpaired) electrons. The maximum absolute atomic E-state index is 12.9. The highest BCUT2D eigenvalue weighted by Gasteiger charge is 2.12. The highest BCUT2D eigenvalue weighted by molar-refractivity contribution is 6.09. The Balaban J connectivity index is 1.40. The molecule has 0 atom stereocenters. The molecule has 42 heavy (non-hydrogen) atoms. The van der Waals surface area contributed by atoms with Crippen molar-refractivity contribution in [2.75, 3.05) is 19.8 Å². The Bertz CT molecular complexity index is 1260. The van der Waals surface area contributed by atoms with E-state index < -0.39 is 11.9 Å². The van der Waals surface area contributed by atoms with Crippen LogP contribution in [0.15, 0.2) is 85.5 Å². The van der Waals surface area contributed by atoms with Gasteiger partial charge in [0.15, 0.2) is 5.78 Å². The van der Waals surface area contributed by atoms with Crippen molar-refractivity contribution < 1.29 is 33.3 Å². The third kappa shape index (κ3) is 11.2. The van der Waals surface area contributed by atoms with E-state index in [0.717, 1.165) is 18.2 Å². The minimum atomic E-state index is -0.513. The number of hydrogen-bond donors (Lipinski definition) is 0. The number of unbranched alkanes of at least 4 members (excludes halogenated alkanes) is 6. The molecule has 3 aromatic rings. The van der Waals surface area contributed by atoms with Crippen molar-refractivity contribution in [3.63, 3.8) is 0 Å². The van der Waals surface area contributed by atoms with Crippen molar-refractivity contribution in [2.24, 2.45) is 0 Å². The summed E-state index contributed by atoms with van der Waals surface area (Å²) in [5.41, 5.74) is 1.43. The van der Waals surface area contributed by atoms with Crippen LogP contribution in [0.4, 0.5) is 0 Å². The molecule has 0 aromatic heterocycles. The first-order chi connectivity index (χ1) is 20.5. The zero-order valence-corrected chi connectivity index (χ0v) is 24.3. The number of carbonyl (C=O) groups is 3. The van der Waals surface area contributed by atoms with Crippen LogP contribution >= 0.6 is 0 Å². The number of ether oxygens (including phenoxy) is 4. The van der Waals surface area contributed by atoms with Crippen molar-refractivity contribution >= 4 is 17.7 Å². The Morgan fingerprint density at radius 2 is 1.05 bits per heavy atom. The van der Waals surface area contributed by atoms with Crippen LogP contribution in [-0.2, 0) is 9.53 Å². The summed E-state index contributed by atoms with van der Waals surface area (Å²) in [6.45, 7) is 7.01. The fraction of sp³-hybridized carbons (Fsp3) is 0.343. The third-order valence-corrected chi connectivity index (χ3v) is 6.52. The predicted molar refractivity (Wildman–Crippen MR) is 162 cm³/mol. The first-order valence-corrected chi connectivity index (χ1v) is 14.6. The second-order valence-electron chi connectivity index (χ2n) is 9.84. The monoisotopic (exact) mass is 572 g/mol. The van der Waals surface area contributed by atoms with Gasteiger partial charge < -0.3 is 18.9 Å². The number of esters is 2. The topological polar surface area (TPSA) is 88.1 Å². The number of carbonyl (C=O) groups excluding carboxylic acids is 3. The van der Waals surface area contributed by atoms with Gasteiger partial charge in [0, 0.05) is 17.2 Å². The molecule has 3 rings (SSSR count). The lowest BCUT2D eigenvalue weighted by Crippen LogP contribution is -2.09. The van der Waals surface area contributed by atoms with E-state index in [4.69, 9.17) is 18.9 Å². The Kier molecular flexibility index (Phi) is 13.9. The lowest BCUT2D eigenvalue weighted by molar-refractivity contribution is -0.137. The number of hydrogen-bond acceptors (Lipinski definition) is 7. The second-order valence-corrected chi connectivity index (χ2v) is 9.84. The molecule has 0 unspecified atom stereocenters. The molecule has 0 saturated heterocycles. The normalized spacial score (nSPS) is 10.5.